The molecule has 0 saturated heterocycles. The van der Waals surface area contributed by atoms with Gasteiger partial charge in [-0.3, -0.25) is 0 Å². The molecule has 0 spiro atoms. The van der Waals surface area contributed by atoms with Gasteiger partial charge in [0.1, 0.15) is 11.2 Å². The van der Waals surface area contributed by atoms with E-state index in [1.807, 2.05) is 0 Å². The molecule has 258 valence electrons. The first kappa shape index (κ1) is 33.1. The Morgan fingerprint density at radius 1 is 0.283 bits per heavy atom. The summed E-state index contributed by atoms with van der Waals surface area (Å²) in [6.07, 6.45) is 0. The fourth-order valence-electron chi connectivity index (χ4n) is 7.75. The van der Waals surface area contributed by atoms with E-state index < -0.39 is 20.1 Å². The summed E-state index contributed by atoms with van der Waals surface area (Å²) in [5.41, 5.74) is 4.49. The Labute approximate surface area is 315 Å². The van der Waals surface area contributed by atoms with Crippen molar-refractivity contribution in [3.8, 4) is 0 Å². The molecule has 0 bridgehead atoms. The molecule has 0 N–H and O–H groups in total. The third-order valence-corrected chi connectivity index (χ3v) is 18.2. The van der Waals surface area contributed by atoms with Crippen LogP contribution in [0, 0.1) is 0 Å². The van der Waals surface area contributed by atoms with E-state index >= 15 is 0 Å². The summed E-state index contributed by atoms with van der Waals surface area (Å²) in [4.78, 5) is 8.05. The molecule has 9 aromatic rings. The minimum atomic E-state index is -1.73. The van der Waals surface area contributed by atoms with Crippen LogP contribution in [0.2, 0.25) is 0 Å². The molecule has 0 aliphatic carbocycles. The Morgan fingerprint density at radius 2 is 0.566 bits per heavy atom. The zero-order chi connectivity index (χ0) is 35.5. The number of hydrogen-bond acceptors (Lipinski definition) is 1. The van der Waals surface area contributed by atoms with Crippen molar-refractivity contribution in [2.75, 3.05) is 0 Å². The van der Waals surface area contributed by atoms with Crippen LogP contribution in [0.5, 0.6) is 0 Å². The minimum Gasteiger partial charge on any atom is -0.456 e. The summed E-state index contributed by atoms with van der Waals surface area (Å²) in [7, 11) is -3.45. The summed E-state index contributed by atoms with van der Waals surface area (Å²) >= 11 is 0. The summed E-state index contributed by atoms with van der Waals surface area (Å²) < 4.78 is 6.67. The number of fused-ring (bicyclic) bond motifs is 3. The van der Waals surface area contributed by atoms with E-state index in [9.17, 15) is 0 Å². The Bertz CT molecular complexity index is 2320. The average molecular weight is 721 g/mol. The van der Waals surface area contributed by atoms with Crippen LogP contribution in [0.3, 0.4) is 0 Å². The van der Waals surface area contributed by atoms with Crippen LogP contribution in [0.25, 0.3) is 21.9 Å². The molecular weight excluding hydrogens is 681 g/mol. The molecule has 53 heavy (non-hydrogen) atoms. The summed E-state index contributed by atoms with van der Waals surface area (Å²) in [6, 6.07) is 80.5. The van der Waals surface area contributed by atoms with Crippen LogP contribution >= 0.6 is 20.1 Å². The Morgan fingerprint density at radius 3 is 0.868 bits per heavy atom. The lowest BCUT2D eigenvalue weighted by atomic mass is 10.1. The second-order valence-corrected chi connectivity index (χ2v) is 19.8. The molecule has 3 heteroatoms. The molecule has 0 aliphatic heterocycles. The smallest absolute Gasteiger partial charge is 0.135 e. The van der Waals surface area contributed by atoms with Gasteiger partial charge < -0.3 is 4.42 Å². The monoisotopic (exact) mass is 720 g/mol. The first-order chi connectivity index (χ1) is 26.2. The van der Waals surface area contributed by atoms with Gasteiger partial charge in [0.05, 0.1) is 0 Å². The maximum Gasteiger partial charge on any atom is 0.135 e. The van der Waals surface area contributed by atoms with Crippen molar-refractivity contribution in [3.05, 3.63) is 230 Å². The largest absolute Gasteiger partial charge is 0.456 e. The predicted octanol–water partition coefficient (Wildman–Crippen LogP) is 14.5. The van der Waals surface area contributed by atoms with Gasteiger partial charge in [-0.2, -0.15) is 20.1 Å². The quantitative estimate of drug-likeness (QED) is 0.137. The highest BCUT2D eigenvalue weighted by molar-refractivity contribution is 8.33. The lowest BCUT2D eigenvalue weighted by molar-refractivity contribution is 0.668. The van der Waals surface area contributed by atoms with Gasteiger partial charge in [0.25, 0.3) is 0 Å². The van der Waals surface area contributed by atoms with Gasteiger partial charge in [0, 0.05) is 22.3 Å². The summed E-state index contributed by atoms with van der Waals surface area (Å²) in [5.74, 6) is 1.81. The van der Waals surface area contributed by atoms with Crippen molar-refractivity contribution in [2.24, 2.45) is 0 Å². The average Bonchev–Trinajstić information content (AvgIpc) is 3.61. The Balaban J connectivity index is 1.31. The van der Waals surface area contributed by atoms with E-state index in [1.54, 1.807) is 0 Å². The van der Waals surface area contributed by atoms with E-state index in [-0.39, 0.29) is 0 Å². The maximum absolute atomic E-state index is 6.67. The molecule has 0 unspecified atom stereocenters. The van der Waals surface area contributed by atoms with E-state index in [4.69, 9.17) is 4.42 Å². The van der Waals surface area contributed by atoms with Crippen LogP contribution < -0.4 is 0 Å². The van der Waals surface area contributed by atoms with Gasteiger partial charge in [0.2, 0.25) is 0 Å². The van der Waals surface area contributed by atoms with E-state index in [2.05, 4.69) is 218 Å². The first-order valence-corrected chi connectivity index (χ1v) is 21.7. The zero-order valence-corrected chi connectivity index (χ0v) is 31.1. The fraction of sp³-hybridized carbons (Fsp3) is 0.0400. The maximum atomic E-state index is 6.67. The van der Waals surface area contributed by atoms with Crippen LogP contribution in [0.15, 0.2) is 252 Å². The highest BCUT2D eigenvalue weighted by Crippen LogP contribution is 2.72. The molecule has 0 aliphatic rings. The number of furan rings is 1. The minimum absolute atomic E-state index is 0.904. The zero-order valence-electron chi connectivity index (χ0n) is 29.4. The number of rotatable bonds is 10. The van der Waals surface area contributed by atoms with Crippen molar-refractivity contribution in [1.29, 1.82) is 0 Å². The van der Waals surface area contributed by atoms with E-state index in [0.717, 1.165) is 33.4 Å². The van der Waals surface area contributed by atoms with Crippen molar-refractivity contribution < 1.29 is 4.42 Å². The van der Waals surface area contributed by atoms with Crippen molar-refractivity contribution in [1.82, 2.24) is 0 Å². The molecule has 0 saturated carbocycles. The molecule has 1 nitrogen and oxygen atoms in total. The molecule has 0 fully saturated rings. The topological polar surface area (TPSA) is 13.1 Å². The van der Waals surface area contributed by atoms with E-state index in [1.165, 1.54) is 40.5 Å². The fourth-order valence-corrected chi connectivity index (χ4v) is 15.5. The highest BCUT2D eigenvalue weighted by atomic mass is 32.3. The molecule has 9 rings (SSSR count). The van der Waals surface area contributed by atoms with Crippen molar-refractivity contribution >= 4 is 42.0 Å². The molecule has 8 aromatic carbocycles. The van der Waals surface area contributed by atoms with Gasteiger partial charge in [-0.15, -0.1) is 0 Å². The van der Waals surface area contributed by atoms with Crippen LogP contribution in [0.4, 0.5) is 0 Å². The Hall–Kier alpha value is -5.74. The van der Waals surface area contributed by atoms with Crippen LogP contribution in [0.1, 0.15) is 11.1 Å². The van der Waals surface area contributed by atoms with Gasteiger partial charge in [-0.05, 0) is 125 Å². The molecule has 1 aromatic heterocycles. The van der Waals surface area contributed by atoms with Gasteiger partial charge in [-0.1, -0.05) is 133 Å². The van der Waals surface area contributed by atoms with Gasteiger partial charge in [0.15, 0.2) is 0 Å². The lowest BCUT2D eigenvalue weighted by Gasteiger charge is -2.42. The summed E-state index contributed by atoms with van der Waals surface area (Å²) in [6.45, 7) is 0. The highest BCUT2D eigenvalue weighted by Gasteiger charge is 2.34. The van der Waals surface area contributed by atoms with E-state index in [0.29, 0.717) is 0 Å². The number of benzene rings is 8. The normalized spacial score (nSPS) is 12.5. The SMILES string of the molecule is c1ccc(CS(c2ccccc2)(c2ccccc2)c2ccc3oc4ccc(S(Cc5ccccc5)(c5ccccc5)c5ccccc5)cc4c3c2)cc1. The predicted molar refractivity (Wildman–Crippen MR) is 225 cm³/mol. The molecular formula is C50H40OS2. The second-order valence-electron chi connectivity index (χ2n) is 13.4. The van der Waals surface area contributed by atoms with Crippen LogP contribution in [-0.2, 0) is 11.5 Å². The lowest BCUT2D eigenvalue weighted by Crippen LogP contribution is -2.07. The number of hydrogen-bond donors (Lipinski definition) is 0. The van der Waals surface area contributed by atoms with Crippen LogP contribution in [-0.4, -0.2) is 0 Å². The van der Waals surface area contributed by atoms with Gasteiger partial charge >= 0.3 is 0 Å². The standard InChI is InChI=1S/C50H40OS2/c1-7-19-39(20-8-1)37-52(41-23-11-3-12-24-41,42-25-13-4-14-26-42)45-31-33-49-47(35-45)48-36-46(32-34-50(48)51-49)53(43-27-15-5-16-28-43,44-29-17-6-18-30-44)38-40-21-9-2-10-22-40/h1-36H,37-38H2. The Kier molecular flexibility index (Phi) is 8.97. The third kappa shape index (κ3) is 6.06. The third-order valence-electron chi connectivity index (χ3n) is 10.3. The summed E-state index contributed by atoms with van der Waals surface area (Å²) in [5, 5.41) is 2.32. The van der Waals surface area contributed by atoms with Gasteiger partial charge in [-0.25, -0.2) is 0 Å². The molecule has 0 radical (unpaired) electrons. The van der Waals surface area contributed by atoms with Crippen molar-refractivity contribution in [2.45, 2.75) is 40.9 Å². The molecule has 0 atom stereocenters. The molecule has 0 amide bonds. The molecule has 1 heterocycles. The first-order valence-electron chi connectivity index (χ1n) is 18.1. The second kappa shape index (κ2) is 14.4. The van der Waals surface area contributed by atoms with Crippen molar-refractivity contribution in [3.63, 3.8) is 0 Å².